The molecular weight excluding hydrogens is 272 g/mol. The van der Waals surface area contributed by atoms with Gasteiger partial charge in [0.2, 0.25) is 0 Å². The lowest BCUT2D eigenvalue weighted by Gasteiger charge is -2.11. The van der Waals surface area contributed by atoms with E-state index in [9.17, 15) is 0 Å². The van der Waals surface area contributed by atoms with E-state index in [4.69, 9.17) is 14.2 Å². The Morgan fingerprint density at radius 1 is 1.12 bits per heavy atom. The first-order valence-corrected chi connectivity index (χ1v) is 6.28. The predicted octanol–water partition coefficient (Wildman–Crippen LogP) is 3.01. The quantitative estimate of drug-likeness (QED) is 0.570. The van der Waals surface area contributed by atoms with Crippen molar-refractivity contribution in [3.8, 4) is 11.5 Å². The number of ether oxygens (including phenoxy) is 3. The van der Waals surface area contributed by atoms with Gasteiger partial charge in [0.05, 0.1) is 13.7 Å². The van der Waals surface area contributed by atoms with Gasteiger partial charge in [0.25, 0.3) is 0 Å². The summed E-state index contributed by atoms with van der Waals surface area (Å²) in [6.07, 6.45) is 0.873. The maximum absolute atomic E-state index is 5.65. The van der Waals surface area contributed by atoms with Crippen molar-refractivity contribution in [3.63, 3.8) is 0 Å². The minimum Gasteiger partial charge on any atom is -0.493 e. The number of rotatable bonds is 7. The van der Waals surface area contributed by atoms with Crippen LogP contribution in [0.25, 0.3) is 0 Å². The molecule has 0 saturated heterocycles. The van der Waals surface area contributed by atoms with E-state index >= 15 is 0 Å². The summed E-state index contributed by atoms with van der Waals surface area (Å²) in [4.78, 5) is 0. The smallest absolute Gasteiger partial charge is 0.161 e. The van der Waals surface area contributed by atoms with E-state index in [0.717, 1.165) is 23.2 Å². The Hall–Kier alpha value is -0.740. The normalized spacial score (nSPS) is 10.2. The van der Waals surface area contributed by atoms with Crippen LogP contribution in [0.1, 0.15) is 12.0 Å². The number of benzene rings is 1. The molecule has 0 aliphatic heterocycles. The molecule has 0 aromatic heterocycles. The van der Waals surface area contributed by atoms with Gasteiger partial charge in [-0.1, -0.05) is 22.0 Å². The van der Waals surface area contributed by atoms with Gasteiger partial charge in [0, 0.05) is 25.5 Å². The van der Waals surface area contributed by atoms with Gasteiger partial charge in [-0.2, -0.15) is 0 Å². The summed E-state index contributed by atoms with van der Waals surface area (Å²) >= 11 is 3.41. The third-order valence-corrected chi connectivity index (χ3v) is 2.78. The van der Waals surface area contributed by atoms with E-state index < -0.39 is 0 Å². The van der Waals surface area contributed by atoms with Gasteiger partial charge in [-0.25, -0.2) is 0 Å². The van der Waals surface area contributed by atoms with Crippen LogP contribution in [0.15, 0.2) is 18.2 Å². The van der Waals surface area contributed by atoms with Crippen molar-refractivity contribution in [2.75, 3.05) is 27.4 Å². The highest BCUT2D eigenvalue weighted by atomic mass is 79.9. The summed E-state index contributed by atoms with van der Waals surface area (Å²) in [5.41, 5.74) is 1.17. The molecule has 3 nitrogen and oxygen atoms in total. The van der Waals surface area contributed by atoms with Crippen molar-refractivity contribution in [3.05, 3.63) is 23.8 Å². The summed E-state index contributed by atoms with van der Waals surface area (Å²) in [5, 5.41) is 0.811. The summed E-state index contributed by atoms with van der Waals surface area (Å²) in [6.45, 7) is 1.34. The fourth-order valence-electron chi connectivity index (χ4n) is 1.30. The molecule has 0 heterocycles. The largest absolute Gasteiger partial charge is 0.493 e. The molecule has 90 valence electrons. The van der Waals surface area contributed by atoms with Gasteiger partial charge in [0.15, 0.2) is 11.5 Å². The molecule has 0 aliphatic rings. The van der Waals surface area contributed by atoms with E-state index in [1.165, 1.54) is 5.56 Å². The summed E-state index contributed by atoms with van der Waals surface area (Å²) < 4.78 is 15.8. The Bertz CT molecular complexity index is 315. The second kappa shape index (κ2) is 7.52. The Morgan fingerprint density at radius 2 is 1.94 bits per heavy atom. The summed E-state index contributed by atoms with van der Waals surface area (Å²) in [5.74, 6) is 1.55. The van der Waals surface area contributed by atoms with E-state index in [0.29, 0.717) is 13.2 Å². The standard InChI is InChI=1S/C12H17BrO3/c1-14-6-3-7-16-12-8-10(9-13)4-5-11(12)15-2/h4-5,8H,3,6-7,9H2,1-2H3. The van der Waals surface area contributed by atoms with Crippen molar-refractivity contribution in [1.29, 1.82) is 0 Å². The number of halogens is 1. The first-order chi connectivity index (χ1) is 7.81. The number of hydrogen-bond donors (Lipinski definition) is 0. The van der Waals surface area contributed by atoms with Crippen LogP contribution >= 0.6 is 15.9 Å². The Balaban J connectivity index is 2.60. The maximum atomic E-state index is 5.65. The lowest BCUT2D eigenvalue weighted by atomic mass is 10.2. The van der Waals surface area contributed by atoms with Gasteiger partial charge in [-0.3, -0.25) is 0 Å². The fraction of sp³-hybridized carbons (Fsp3) is 0.500. The molecule has 0 bridgehead atoms. The molecule has 0 atom stereocenters. The van der Waals surface area contributed by atoms with Crippen LogP contribution in [0.5, 0.6) is 11.5 Å². The van der Waals surface area contributed by atoms with Gasteiger partial charge in [-0.15, -0.1) is 0 Å². The highest BCUT2D eigenvalue weighted by Gasteiger charge is 2.05. The van der Waals surface area contributed by atoms with Crippen LogP contribution in [0.2, 0.25) is 0 Å². The molecule has 1 aromatic rings. The Labute approximate surface area is 105 Å². The average Bonchev–Trinajstić information content (AvgIpc) is 2.34. The zero-order valence-corrected chi connectivity index (χ0v) is 11.2. The Kier molecular flexibility index (Phi) is 6.26. The molecule has 0 N–H and O–H groups in total. The molecule has 0 aliphatic carbocycles. The zero-order valence-electron chi connectivity index (χ0n) is 9.66. The van der Waals surface area contributed by atoms with Crippen molar-refractivity contribution in [2.24, 2.45) is 0 Å². The molecule has 16 heavy (non-hydrogen) atoms. The maximum Gasteiger partial charge on any atom is 0.161 e. The molecule has 4 heteroatoms. The number of methoxy groups -OCH3 is 2. The van der Waals surface area contributed by atoms with E-state index in [1.807, 2.05) is 18.2 Å². The van der Waals surface area contributed by atoms with Crippen LogP contribution < -0.4 is 9.47 Å². The molecule has 0 amide bonds. The summed E-state index contributed by atoms with van der Waals surface area (Å²) in [6, 6.07) is 5.91. The van der Waals surface area contributed by atoms with Crippen molar-refractivity contribution in [1.82, 2.24) is 0 Å². The van der Waals surface area contributed by atoms with Gasteiger partial charge < -0.3 is 14.2 Å². The molecule has 0 fully saturated rings. The van der Waals surface area contributed by atoms with E-state index in [-0.39, 0.29) is 0 Å². The van der Waals surface area contributed by atoms with Gasteiger partial charge in [-0.05, 0) is 17.7 Å². The molecular formula is C12H17BrO3. The van der Waals surface area contributed by atoms with Gasteiger partial charge in [0.1, 0.15) is 0 Å². The molecule has 0 spiro atoms. The SMILES string of the molecule is COCCCOc1cc(CBr)ccc1OC. The molecule has 0 saturated carbocycles. The number of alkyl halides is 1. The lowest BCUT2D eigenvalue weighted by Crippen LogP contribution is -2.02. The second-order valence-corrected chi connectivity index (χ2v) is 3.87. The van der Waals surface area contributed by atoms with Crippen LogP contribution in [-0.2, 0) is 10.1 Å². The van der Waals surface area contributed by atoms with E-state index in [1.54, 1.807) is 14.2 Å². The van der Waals surface area contributed by atoms with Crippen LogP contribution in [-0.4, -0.2) is 27.4 Å². The predicted molar refractivity (Wildman–Crippen MR) is 67.6 cm³/mol. The first kappa shape index (κ1) is 13.3. The lowest BCUT2D eigenvalue weighted by molar-refractivity contribution is 0.170. The molecule has 1 rings (SSSR count). The average molecular weight is 289 g/mol. The molecule has 0 radical (unpaired) electrons. The first-order valence-electron chi connectivity index (χ1n) is 5.16. The van der Waals surface area contributed by atoms with Crippen molar-refractivity contribution >= 4 is 15.9 Å². The summed E-state index contributed by atoms with van der Waals surface area (Å²) in [7, 11) is 3.33. The molecule has 0 unspecified atom stereocenters. The Morgan fingerprint density at radius 3 is 2.56 bits per heavy atom. The third kappa shape index (κ3) is 4.02. The monoisotopic (exact) mass is 288 g/mol. The molecule has 1 aromatic carbocycles. The fourth-order valence-corrected chi connectivity index (χ4v) is 1.65. The van der Waals surface area contributed by atoms with Crippen molar-refractivity contribution < 1.29 is 14.2 Å². The highest BCUT2D eigenvalue weighted by Crippen LogP contribution is 2.28. The third-order valence-electron chi connectivity index (χ3n) is 2.13. The van der Waals surface area contributed by atoms with Gasteiger partial charge >= 0.3 is 0 Å². The minimum absolute atomic E-state index is 0.635. The minimum atomic E-state index is 0.635. The van der Waals surface area contributed by atoms with Crippen LogP contribution in [0.3, 0.4) is 0 Å². The zero-order chi connectivity index (χ0) is 11.8. The van der Waals surface area contributed by atoms with E-state index in [2.05, 4.69) is 15.9 Å². The topological polar surface area (TPSA) is 27.7 Å². The highest BCUT2D eigenvalue weighted by molar-refractivity contribution is 9.08. The van der Waals surface area contributed by atoms with Crippen LogP contribution in [0.4, 0.5) is 0 Å². The van der Waals surface area contributed by atoms with Crippen molar-refractivity contribution in [2.45, 2.75) is 11.8 Å². The second-order valence-electron chi connectivity index (χ2n) is 3.31. The number of hydrogen-bond acceptors (Lipinski definition) is 3. The van der Waals surface area contributed by atoms with Crippen LogP contribution in [0, 0.1) is 0 Å².